The Morgan fingerprint density at radius 3 is 3.05 bits per heavy atom. The average Bonchev–Trinajstić information content (AvgIpc) is 2.75. The molecule has 20 heavy (non-hydrogen) atoms. The molecule has 1 saturated heterocycles. The number of benzene rings is 1. The molecule has 1 aromatic rings. The third-order valence-corrected chi connectivity index (χ3v) is 5.22. The lowest BCUT2D eigenvalue weighted by Gasteiger charge is -2.26. The van der Waals surface area contributed by atoms with E-state index in [1.54, 1.807) is 11.8 Å². The summed E-state index contributed by atoms with van der Waals surface area (Å²) in [6, 6.07) is 6.17. The number of thioether (sulfide) groups is 2. The number of anilines is 1. The van der Waals surface area contributed by atoms with Crippen LogP contribution in [0.4, 0.5) is 5.69 Å². The zero-order valence-corrected chi connectivity index (χ0v) is 13.3. The number of hydrogen-bond acceptors (Lipinski definition) is 5. The van der Waals surface area contributed by atoms with Crippen molar-refractivity contribution in [2.75, 3.05) is 35.2 Å². The Kier molecular flexibility index (Phi) is 5.91. The maximum Gasteiger partial charge on any atom is 0.173 e. The molecule has 6 heteroatoms. The van der Waals surface area contributed by atoms with Crippen LogP contribution in [0.1, 0.15) is 18.9 Å². The second-order valence-electron chi connectivity index (χ2n) is 4.52. The highest BCUT2D eigenvalue weighted by Crippen LogP contribution is 2.31. The molecule has 1 heterocycles. The van der Waals surface area contributed by atoms with Crippen LogP contribution >= 0.6 is 23.5 Å². The van der Waals surface area contributed by atoms with Gasteiger partial charge in [-0.1, -0.05) is 18.1 Å². The van der Waals surface area contributed by atoms with E-state index in [-0.39, 0.29) is 5.84 Å². The Balaban J connectivity index is 2.42. The number of nitrogens with two attached hydrogens (primary N) is 1. The molecule has 4 nitrogen and oxygen atoms in total. The highest BCUT2D eigenvalue weighted by atomic mass is 32.2. The van der Waals surface area contributed by atoms with E-state index in [0.29, 0.717) is 0 Å². The maximum atomic E-state index is 9.09. The molecule has 0 aliphatic carbocycles. The van der Waals surface area contributed by atoms with Crippen LogP contribution in [0.2, 0.25) is 0 Å². The van der Waals surface area contributed by atoms with Crippen LogP contribution in [-0.4, -0.2) is 41.4 Å². The third kappa shape index (κ3) is 3.55. The quantitative estimate of drug-likeness (QED) is 0.294. The minimum absolute atomic E-state index is 0.202. The van der Waals surface area contributed by atoms with E-state index in [0.717, 1.165) is 40.7 Å². The Morgan fingerprint density at radius 2 is 2.30 bits per heavy atom. The molecule has 0 unspecified atom stereocenters. The molecule has 0 saturated carbocycles. The van der Waals surface area contributed by atoms with Crippen molar-refractivity contribution in [2.24, 2.45) is 10.9 Å². The van der Waals surface area contributed by atoms with Crippen molar-refractivity contribution in [3.63, 3.8) is 0 Å². The van der Waals surface area contributed by atoms with E-state index >= 15 is 0 Å². The van der Waals surface area contributed by atoms with E-state index in [2.05, 4.69) is 29.1 Å². The van der Waals surface area contributed by atoms with Gasteiger partial charge in [0.25, 0.3) is 0 Å². The lowest BCUT2D eigenvalue weighted by molar-refractivity contribution is 0.318. The highest BCUT2D eigenvalue weighted by Gasteiger charge is 2.19. The fourth-order valence-corrected chi connectivity index (χ4v) is 4.08. The average molecular weight is 311 g/mol. The van der Waals surface area contributed by atoms with Gasteiger partial charge in [0.2, 0.25) is 0 Å². The fraction of sp³-hybridized carbons (Fsp3) is 0.500. The van der Waals surface area contributed by atoms with E-state index in [1.165, 1.54) is 12.2 Å². The van der Waals surface area contributed by atoms with Gasteiger partial charge >= 0.3 is 0 Å². The second kappa shape index (κ2) is 7.69. The van der Waals surface area contributed by atoms with Gasteiger partial charge in [-0.05, 0) is 30.1 Å². The van der Waals surface area contributed by atoms with Gasteiger partial charge in [-0.15, -0.1) is 11.8 Å². The first kappa shape index (κ1) is 15.4. The predicted molar refractivity (Wildman–Crippen MR) is 89.5 cm³/mol. The van der Waals surface area contributed by atoms with Crippen molar-refractivity contribution in [3.8, 4) is 0 Å². The van der Waals surface area contributed by atoms with Crippen molar-refractivity contribution in [1.82, 2.24) is 0 Å². The minimum Gasteiger partial charge on any atom is -0.409 e. The number of nitrogens with zero attached hydrogens (tertiary/aromatic N) is 2. The first-order chi connectivity index (χ1) is 9.77. The molecule has 1 fully saturated rings. The molecule has 2 rings (SSSR count). The Morgan fingerprint density at radius 1 is 1.45 bits per heavy atom. The summed E-state index contributed by atoms with van der Waals surface area (Å²) < 4.78 is 0. The fourth-order valence-electron chi connectivity index (χ4n) is 2.35. The minimum atomic E-state index is 0.202. The van der Waals surface area contributed by atoms with Crippen LogP contribution in [0.15, 0.2) is 28.3 Å². The van der Waals surface area contributed by atoms with Crippen molar-refractivity contribution in [1.29, 1.82) is 0 Å². The van der Waals surface area contributed by atoms with E-state index in [9.17, 15) is 0 Å². The van der Waals surface area contributed by atoms with E-state index < -0.39 is 0 Å². The summed E-state index contributed by atoms with van der Waals surface area (Å²) in [5, 5.41) is 12.3. The molecule has 0 spiro atoms. The van der Waals surface area contributed by atoms with Gasteiger partial charge in [0.05, 0.1) is 5.56 Å². The smallest absolute Gasteiger partial charge is 0.173 e. The van der Waals surface area contributed by atoms with Crippen LogP contribution < -0.4 is 10.6 Å². The van der Waals surface area contributed by atoms with Crippen molar-refractivity contribution < 1.29 is 5.21 Å². The number of hydrogen-bond donors (Lipinski definition) is 2. The Hall–Kier alpha value is -1.01. The van der Waals surface area contributed by atoms with Gasteiger partial charge in [-0.25, -0.2) is 0 Å². The molecule has 0 amide bonds. The first-order valence-corrected chi connectivity index (χ1v) is 8.98. The molecule has 0 atom stereocenters. The molecular weight excluding hydrogens is 290 g/mol. The van der Waals surface area contributed by atoms with Crippen molar-refractivity contribution in [2.45, 2.75) is 18.2 Å². The van der Waals surface area contributed by atoms with Crippen LogP contribution in [0.5, 0.6) is 0 Å². The monoisotopic (exact) mass is 311 g/mol. The zero-order chi connectivity index (χ0) is 14.4. The molecule has 1 aromatic carbocycles. The maximum absolute atomic E-state index is 9.09. The molecule has 110 valence electrons. The topological polar surface area (TPSA) is 61.8 Å². The Bertz CT molecular complexity index is 471. The van der Waals surface area contributed by atoms with Gasteiger partial charge in [0.1, 0.15) is 0 Å². The van der Waals surface area contributed by atoms with E-state index in [4.69, 9.17) is 10.9 Å². The zero-order valence-electron chi connectivity index (χ0n) is 11.7. The van der Waals surface area contributed by atoms with Gasteiger partial charge in [0.15, 0.2) is 5.84 Å². The number of amidine groups is 1. The standard InChI is InChI=1S/C14H21N3OS2/c1-2-20-12-6-3-5-11(13(12)14(15)16-18)17-7-4-9-19-10-8-17/h3,5-6,18H,2,4,7-10H2,1H3,(H2,15,16). The molecule has 0 bridgehead atoms. The molecule has 3 N–H and O–H groups in total. The van der Waals surface area contributed by atoms with Crippen LogP contribution in [0.25, 0.3) is 0 Å². The van der Waals surface area contributed by atoms with Crippen LogP contribution in [-0.2, 0) is 0 Å². The molecule has 0 aromatic heterocycles. The summed E-state index contributed by atoms with van der Waals surface area (Å²) in [4.78, 5) is 3.44. The third-order valence-electron chi connectivity index (χ3n) is 3.23. The lowest BCUT2D eigenvalue weighted by Crippen LogP contribution is -2.29. The van der Waals surface area contributed by atoms with Crippen LogP contribution in [0, 0.1) is 0 Å². The lowest BCUT2D eigenvalue weighted by atomic mass is 10.1. The summed E-state index contributed by atoms with van der Waals surface area (Å²) >= 11 is 3.72. The normalized spacial score (nSPS) is 17.1. The number of rotatable bonds is 4. The van der Waals surface area contributed by atoms with Crippen molar-refractivity contribution in [3.05, 3.63) is 23.8 Å². The summed E-state index contributed by atoms with van der Waals surface area (Å²) in [6.45, 7) is 4.14. The second-order valence-corrected chi connectivity index (χ2v) is 7.05. The summed E-state index contributed by atoms with van der Waals surface area (Å²) in [6.07, 6.45) is 1.17. The highest BCUT2D eigenvalue weighted by molar-refractivity contribution is 7.99. The van der Waals surface area contributed by atoms with Crippen molar-refractivity contribution >= 4 is 35.0 Å². The molecule has 0 radical (unpaired) electrons. The van der Waals surface area contributed by atoms with Gasteiger partial charge in [-0.3, -0.25) is 0 Å². The SMILES string of the molecule is CCSc1cccc(N2CCCSCC2)c1/C(N)=N/O. The van der Waals surface area contributed by atoms with Crippen LogP contribution in [0.3, 0.4) is 0 Å². The molecular formula is C14H21N3OS2. The van der Waals surface area contributed by atoms with Gasteiger partial charge < -0.3 is 15.8 Å². The van der Waals surface area contributed by atoms with E-state index in [1.807, 2.05) is 17.8 Å². The summed E-state index contributed by atoms with van der Waals surface area (Å²) in [5.41, 5.74) is 7.88. The largest absolute Gasteiger partial charge is 0.409 e. The summed E-state index contributed by atoms with van der Waals surface area (Å²) in [7, 11) is 0. The number of oxime groups is 1. The Labute approximate surface area is 128 Å². The predicted octanol–water partition coefficient (Wildman–Crippen LogP) is 2.84. The van der Waals surface area contributed by atoms with Gasteiger partial charge in [0, 0.05) is 29.4 Å². The first-order valence-electron chi connectivity index (χ1n) is 6.84. The summed E-state index contributed by atoms with van der Waals surface area (Å²) in [5.74, 6) is 3.50. The molecule has 1 aliphatic heterocycles. The molecule has 1 aliphatic rings. The van der Waals surface area contributed by atoms with Gasteiger partial charge in [-0.2, -0.15) is 11.8 Å².